The van der Waals surface area contributed by atoms with Gasteiger partial charge in [0.25, 0.3) is 0 Å². The number of fused-ring (bicyclic) bond motifs is 1. The highest BCUT2D eigenvalue weighted by Gasteiger charge is 2.86. The number of pyridine rings is 1. The number of carbonyl (C=O) groups is 4. The zero-order valence-corrected chi connectivity index (χ0v) is 25.2. The van der Waals surface area contributed by atoms with Gasteiger partial charge in [-0.05, 0) is 57.9 Å². The summed E-state index contributed by atoms with van der Waals surface area (Å²) in [5.74, 6) is -4.16. The summed E-state index contributed by atoms with van der Waals surface area (Å²) in [7, 11) is 0. The Labute approximate surface area is 254 Å². The van der Waals surface area contributed by atoms with E-state index in [0.717, 1.165) is 6.92 Å². The van der Waals surface area contributed by atoms with Crippen molar-refractivity contribution in [2.75, 3.05) is 6.61 Å². The number of ether oxygens (including phenoxy) is 5. The first-order chi connectivity index (χ1) is 20.7. The predicted molar refractivity (Wildman–Crippen MR) is 151 cm³/mol. The summed E-state index contributed by atoms with van der Waals surface area (Å²) in [6.07, 6.45) is -2.98. The van der Waals surface area contributed by atoms with E-state index in [-0.39, 0.29) is 24.0 Å². The Morgan fingerprint density at radius 2 is 1.59 bits per heavy atom. The third-order valence-electron chi connectivity index (χ3n) is 9.31. The van der Waals surface area contributed by atoms with Crippen molar-refractivity contribution in [3.63, 3.8) is 0 Å². The highest BCUT2D eigenvalue weighted by molar-refractivity contribution is 5.90. The second-order valence-electron chi connectivity index (χ2n) is 12.4. The zero-order valence-electron chi connectivity index (χ0n) is 25.2. The second kappa shape index (κ2) is 11.2. The van der Waals surface area contributed by atoms with Gasteiger partial charge in [0.1, 0.15) is 29.8 Å². The van der Waals surface area contributed by atoms with E-state index in [2.05, 4.69) is 4.98 Å². The molecule has 12 nitrogen and oxygen atoms in total. The molecule has 2 heterocycles. The van der Waals surface area contributed by atoms with Gasteiger partial charge in [0.05, 0.1) is 34.4 Å². The van der Waals surface area contributed by atoms with Crippen molar-refractivity contribution in [2.24, 2.45) is 11.3 Å². The Bertz CT molecular complexity index is 1430. The van der Waals surface area contributed by atoms with Gasteiger partial charge < -0.3 is 33.9 Å². The first kappa shape index (κ1) is 31.6. The monoisotopic (exact) mass is 611 g/mol. The fraction of sp³-hybridized carbons (Fsp3) is 0.531. The van der Waals surface area contributed by atoms with E-state index >= 15 is 0 Å². The molecule has 1 aromatic heterocycles. The lowest BCUT2D eigenvalue weighted by atomic mass is 9.46. The Kier molecular flexibility index (Phi) is 8.06. The number of hydrogen-bond donors (Lipinski definition) is 2. The minimum Gasteiger partial charge on any atom is -0.465 e. The lowest BCUT2D eigenvalue weighted by Gasteiger charge is -2.65. The summed E-state index contributed by atoms with van der Waals surface area (Å²) in [6.45, 7) is 6.51. The number of nitrogens with zero attached hydrogens (tertiary/aromatic N) is 1. The number of aliphatic hydroxyl groups excluding tert-OH is 1. The van der Waals surface area contributed by atoms with Crippen LogP contribution in [0.3, 0.4) is 0 Å². The van der Waals surface area contributed by atoms with Crippen molar-refractivity contribution in [2.45, 2.75) is 88.7 Å². The molecule has 44 heavy (non-hydrogen) atoms. The lowest BCUT2D eigenvalue weighted by molar-refractivity contribution is -0.347. The fourth-order valence-corrected chi connectivity index (χ4v) is 7.63. The number of esters is 4. The molecule has 5 rings (SSSR count). The van der Waals surface area contributed by atoms with Crippen molar-refractivity contribution < 1.29 is 53.1 Å². The Hall–Kier alpha value is -3.87. The molecule has 8 atom stereocenters. The first-order valence-electron chi connectivity index (χ1n) is 14.5. The van der Waals surface area contributed by atoms with Crippen LogP contribution < -0.4 is 0 Å². The average molecular weight is 612 g/mol. The highest BCUT2D eigenvalue weighted by Crippen LogP contribution is 2.68. The standard InChI is InChI=1S/C32H37NO11/c1-18(34)40-17-31-22(41-19(2)35)13-14-30(5,39)32(31)25(36)23(29(3,4)44-32)24(42-28(38)21-12-9-15-33-16-21)26(31)43-27(37)20-10-7-6-8-11-20/h6-12,15-16,22-26,36,39H,13-14,17H2,1-5H3/t22-,23+,24+,25+,26+,30-,31-,32-/m0/s1. The molecule has 12 heteroatoms. The van der Waals surface area contributed by atoms with Crippen molar-refractivity contribution >= 4 is 23.9 Å². The third-order valence-corrected chi connectivity index (χ3v) is 9.31. The molecule has 2 saturated carbocycles. The maximum absolute atomic E-state index is 13.8. The van der Waals surface area contributed by atoms with Crippen LogP contribution in [0.15, 0.2) is 54.9 Å². The molecular weight excluding hydrogens is 574 g/mol. The molecule has 2 aliphatic carbocycles. The van der Waals surface area contributed by atoms with Crippen LogP contribution >= 0.6 is 0 Å². The fourth-order valence-electron chi connectivity index (χ4n) is 7.63. The van der Waals surface area contributed by atoms with Crippen LogP contribution in [-0.2, 0) is 33.3 Å². The van der Waals surface area contributed by atoms with Gasteiger partial charge in [-0.1, -0.05) is 18.2 Å². The highest BCUT2D eigenvalue weighted by atomic mass is 16.6. The molecule has 1 saturated heterocycles. The van der Waals surface area contributed by atoms with Gasteiger partial charge in [0, 0.05) is 26.2 Å². The van der Waals surface area contributed by atoms with E-state index in [9.17, 15) is 29.4 Å². The summed E-state index contributed by atoms with van der Waals surface area (Å²) in [5, 5.41) is 24.4. The van der Waals surface area contributed by atoms with Gasteiger partial charge in [-0.2, -0.15) is 0 Å². The topological polar surface area (TPSA) is 168 Å². The number of carbonyl (C=O) groups excluding carboxylic acids is 4. The van der Waals surface area contributed by atoms with Gasteiger partial charge in [-0.3, -0.25) is 14.6 Å². The van der Waals surface area contributed by atoms with Crippen LogP contribution in [0.2, 0.25) is 0 Å². The molecule has 3 fully saturated rings. The molecule has 1 aromatic carbocycles. The third kappa shape index (κ3) is 4.85. The number of aromatic nitrogens is 1. The van der Waals surface area contributed by atoms with E-state index in [1.807, 2.05) is 0 Å². The van der Waals surface area contributed by atoms with E-state index in [1.165, 1.54) is 44.4 Å². The summed E-state index contributed by atoms with van der Waals surface area (Å²) in [5.41, 5.74) is -6.88. The number of benzene rings is 1. The Balaban J connectivity index is 1.78. The van der Waals surface area contributed by atoms with Crippen LogP contribution in [0.1, 0.15) is 68.2 Å². The van der Waals surface area contributed by atoms with Crippen LogP contribution in [0.5, 0.6) is 0 Å². The van der Waals surface area contributed by atoms with Crippen LogP contribution in [0.25, 0.3) is 0 Å². The zero-order chi connectivity index (χ0) is 32.1. The van der Waals surface area contributed by atoms with Crippen molar-refractivity contribution in [1.82, 2.24) is 4.98 Å². The molecule has 2 N–H and O–H groups in total. The summed E-state index contributed by atoms with van der Waals surface area (Å²) in [4.78, 5) is 56.2. The number of rotatable bonds is 7. The average Bonchev–Trinajstić information content (AvgIpc) is 3.15. The normalized spacial score (nSPS) is 35.1. The van der Waals surface area contributed by atoms with Crippen molar-refractivity contribution in [3.8, 4) is 0 Å². The molecule has 2 bridgehead atoms. The maximum atomic E-state index is 13.8. The SMILES string of the molecule is CC(=O)OC[C@@]12[C@@H](OC(C)=O)CC[C@](C)(O)[C@]13OC(C)(C)[C@H]([C@@H](OC(=O)c1cccnc1)[C@H]2OC(=O)c1ccccc1)[C@H]3O. The summed E-state index contributed by atoms with van der Waals surface area (Å²) >= 11 is 0. The Morgan fingerprint density at radius 3 is 2.20 bits per heavy atom. The minimum absolute atomic E-state index is 0.00607. The lowest BCUT2D eigenvalue weighted by Crippen LogP contribution is -2.83. The smallest absolute Gasteiger partial charge is 0.340 e. The van der Waals surface area contributed by atoms with E-state index in [0.29, 0.717) is 0 Å². The molecule has 2 aromatic rings. The second-order valence-corrected chi connectivity index (χ2v) is 12.4. The Morgan fingerprint density at radius 1 is 0.932 bits per heavy atom. The first-order valence-corrected chi connectivity index (χ1v) is 14.5. The molecule has 236 valence electrons. The summed E-state index contributed by atoms with van der Waals surface area (Å²) < 4.78 is 30.5. The van der Waals surface area contributed by atoms with Crippen molar-refractivity contribution in [1.29, 1.82) is 0 Å². The van der Waals surface area contributed by atoms with Crippen LogP contribution in [0.4, 0.5) is 0 Å². The van der Waals surface area contributed by atoms with Gasteiger partial charge >= 0.3 is 23.9 Å². The van der Waals surface area contributed by atoms with Crippen LogP contribution in [0, 0.1) is 11.3 Å². The molecule has 0 unspecified atom stereocenters. The van der Waals surface area contributed by atoms with Gasteiger partial charge in [0.15, 0.2) is 6.10 Å². The number of hydrogen-bond acceptors (Lipinski definition) is 12. The molecule has 1 aliphatic heterocycles. The van der Waals surface area contributed by atoms with E-state index in [4.69, 9.17) is 23.7 Å². The maximum Gasteiger partial charge on any atom is 0.340 e. The predicted octanol–water partition coefficient (Wildman–Crippen LogP) is 2.40. The molecule has 1 spiro atoms. The summed E-state index contributed by atoms with van der Waals surface area (Å²) in [6, 6.07) is 11.1. The molecule has 0 amide bonds. The van der Waals surface area contributed by atoms with Gasteiger partial charge in [-0.25, -0.2) is 9.59 Å². The van der Waals surface area contributed by atoms with Gasteiger partial charge in [-0.15, -0.1) is 0 Å². The molecular formula is C32H37NO11. The minimum atomic E-state index is -2.03. The molecule has 0 radical (unpaired) electrons. The van der Waals surface area contributed by atoms with Gasteiger partial charge in [0.2, 0.25) is 0 Å². The quantitative estimate of drug-likeness (QED) is 0.347. The van der Waals surface area contributed by atoms with Crippen LogP contribution in [-0.4, -0.2) is 86.9 Å². The number of aliphatic hydroxyl groups is 2. The molecule has 3 aliphatic rings. The largest absolute Gasteiger partial charge is 0.465 e. The van der Waals surface area contributed by atoms with Crippen molar-refractivity contribution in [3.05, 3.63) is 66.0 Å². The van der Waals surface area contributed by atoms with E-state index < -0.39 is 83.0 Å². The van der Waals surface area contributed by atoms with E-state index in [1.54, 1.807) is 38.1 Å².